The number of aryl methyl sites for hydroxylation is 1. The minimum Gasteiger partial charge on any atom is -0.312 e. The maximum atomic E-state index is 13.2. The van der Waals surface area contributed by atoms with E-state index in [1.165, 1.54) is 22.6 Å². The van der Waals surface area contributed by atoms with Crippen LogP contribution in [0.5, 0.6) is 0 Å². The lowest BCUT2D eigenvalue weighted by molar-refractivity contribution is 0.504. The van der Waals surface area contributed by atoms with Crippen LogP contribution in [-0.2, 0) is 6.42 Å². The Morgan fingerprint density at radius 2 is 2.00 bits per heavy atom. The number of likely N-dealkylation sites (N-methyl/N-ethyl adjacent to an activating group) is 1. The Balaban J connectivity index is 2.20. The predicted molar refractivity (Wildman–Crippen MR) is 70.9 cm³/mol. The van der Waals surface area contributed by atoms with Crippen molar-refractivity contribution in [2.75, 3.05) is 7.05 Å². The molecular formula is C14H15F2NS. The summed E-state index contributed by atoms with van der Waals surface area (Å²) in [7, 11) is 1.88. The number of rotatable bonds is 4. The van der Waals surface area contributed by atoms with E-state index in [-0.39, 0.29) is 6.04 Å². The van der Waals surface area contributed by atoms with Crippen LogP contribution >= 0.6 is 11.3 Å². The average Bonchev–Trinajstić information content (AvgIpc) is 2.77. The van der Waals surface area contributed by atoms with Crippen molar-refractivity contribution in [2.24, 2.45) is 0 Å². The van der Waals surface area contributed by atoms with Crippen molar-refractivity contribution in [1.82, 2.24) is 5.32 Å². The van der Waals surface area contributed by atoms with Crippen molar-refractivity contribution >= 4 is 11.3 Å². The van der Waals surface area contributed by atoms with Gasteiger partial charge in [-0.15, -0.1) is 11.3 Å². The Bertz CT molecular complexity index is 536. The van der Waals surface area contributed by atoms with Crippen LogP contribution in [0.4, 0.5) is 8.78 Å². The van der Waals surface area contributed by atoms with Crippen LogP contribution in [0.1, 0.15) is 22.0 Å². The highest BCUT2D eigenvalue weighted by molar-refractivity contribution is 7.10. The van der Waals surface area contributed by atoms with Gasteiger partial charge < -0.3 is 5.32 Å². The molecule has 0 amide bonds. The van der Waals surface area contributed by atoms with Crippen LogP contribution in [0.3, 0.4) is 0 Å². The summed E-state index contributed by atoms with van der Waals surface area (Å²) in [4.78, 5) is 1.24. The molecule has 0 aliphatic rings. The summed E-state index contributed by atoms with van der Waals surface area (Å²) in [6.45, 7) is 2.06. The van der Waals surface area contributed by atoms with Gasteiger partial charge in [0.2, 0.25) is 0 Å². The highest BCUT2D eigenvalue weighted by Gasteiger charge is 2.14. The van der Waals surface area contributed by atoms with E-state index in [4.69, 9.17) is 0 Å². The predicted octanol–water partition coefficient (Wildman–Crippen LogP) is 3.84. The molecule has 96 valence electrons. The maximum Gasteiger partial charge on any atom is 0.159 e. The van der Waals surface area contributed by atoms with Gasteiger partial charge in [0.05, 0.1) is 0 Å². The van der Waals surface area contributed by atoms with E-state index in [1.807, 2.05) is 12.4 Å². The lowest BCUT2D eigenvalue weighted by Crippen LogP contribution is -2.18. The fourth-order valence-corrected chi connectivity index (χ4v) is 3.01. The van der Waals surface area contributed by atoms with Crippen LogP contribution in [0.2, 0.25) is 0 Å². The van der Waals surface area contributed by atoms with Crippen LogP contribution in [-0.4, -0.2) is 7.05 Å². The van der Waals surface area contributed by atoms with Crippen molar-refractivity contribution in [1.29, 1.82) is 0 Å². The zero-order chi connectivity index (χ0) is 13.1. The number of halogens is 2. The molecule has 2 aromatic rings. The topological polar surface area (TPSA) is 12.0 Å². The second-order valence-electron chi connectivity index (χ2n) is 4.26. The van der Waals surface area contributed by atoms with Crippen LogP contribution in [0, 0.1) is 18.6 Å². The molecule has 1 nitrogen and oxygen atoms in total. The van der Waals surface area contributed by atoms with E-state index in [0.717, 1.165) is 5.56 Å². The molecule has 1 atom stereocenters. The zero-order valence-corrected chi connectivity index (χ0v) is 11.2. The lowest BCUT2D eigenvalue weighted by atomic mass is 10.0. The molecule has 0 bridgehead atoms. The van der Waals surface area contributed by atoms with Crippen LogP contribution in [0.15, 0.2) is 29.6 Å². The summed E-state index contributed by atoms with van der Waals surface area (Å²) in [5.74, 6) is -1.59. The monoisotopic (exact) mass is 267 g/mol. The molecule has 0 saturated carbocycles. The molecule has 1 heterocycles. The SMILES string of the molecule is CNC(Cc1ccc(F)c(F)c1)c1sccc1C. The van der Waals surface area contributed by atoms with Gasteiger partial charge in [-0.3, -0.25) is 0 Å². The fraction of sp³-hybridized carbons (Fsp3) is 0.286. The van der Waals surface area contributed by atoms with Crippen LogP contribution in [0.25, 0.3) is 0 Å². The Kier molecular flexibility index (Phi) is 4.09. The van der Waals surface area contributed by atoms with Gasteiger partial charge in [-0.1, -0.05) is 6.07 Å². The summed E-state index contributed by atoms with van der Waals surface area (Å²) in [5.41, 5.74) is 2.02. The highest BCUT2D eigenvalue weighted by Crippen LogP contribution is 2.26. The lowest BCUT2D eigenvalue weighted by Gasteiger charge is -2.16. The second kappa shape index (κ2) is 5.59. The largest absolute Gasteiger partial charge is 0.312 e. The molecule has 0 fully saturated rings. The molecule has 1 aromatic heterocycles. The average molecular weight is 267 g/mol. The Labute approximate surface area is 109 Å². The van der Waals surface area contributed by atoms with Crippen LogP contribution < -0.4 is 5.32 Å². The molecule has 1 unspecified atom stereocenters. The van der Waals surface area contributed by atoms with Gasteiger partial charge in [-0.05, 0) is 55.1 Å². The molecule has 2 rings (SSSR count). The Morgan fingerprint density at radius 3 is 2.56 bits per heavy atom. The second-order valence-corrected chi connectivity index (χ2v) is 5.21. The molecule has 1 aromatic carbocycles. The summed E-state index contributed by atoms with van der Waals surface area (Å²) in [5, 5.41) is 5.26. The van der Waals surface area contributed by atoms with E-state index >= 15 is 0 Å². The molecule has 0 spiro atoms. The normalized spacial score (nSPS) is 12.7. The number of hydrogen-bond acceptors (Lipinski definition) is 2. The number of benzene rings is 1. The van der Waals surface area contributed by atoms with E-state index < -0.39 is 11.6 Å². The first kappa shape index (κ1) is 13.2. The molecule has 0 aliphatic heterocycles. The first-order valence-corrected chi connectivity index (χ1v) is 6.65. The minimum absolute atomic E-state index is 0.134. The number of hydrogen-bond donors (Lipinski definition) is 1. The molecule has 0 aliphatic carbocycles. The van der Waals surface area contributed by atoms with Crippen molar-refractivity contribution in [3.8, 4) is 0 Å². The molecule has 18 heavy (non-hydrogen) atoms. The molecule has 0 radical (unpaired) electrons. The third-order valence-electron chi connectivity index (χ3n) is 2.99. The van der Waals surface area contributed by atoms with Crippen molar-refractivity contribution in [3.05, 3.63) is 57.3 Å². The van der Waals surface area contributed by atoms with Gasteiger partial charge in [-0.2, -0.15) is 0 Å². The van der Waals surface area contributed by atoms with E-state index in [2.05, 4.69) is 18.3 Å². The smallest absolute Gasteiger partial charge is 0.159 e. The molecular weight excluding hydrogens is 252 g/mol. The number of thiophene rings is 1. The zero-order valence-electron chi connectivity index (χ0n) is 10.3. The fourth-order valence-electron chi connectivity index (χ4n) is 1.97. The van der Waals surface area contributed by atoms with Crippen molar-refractivity contribution in [3.63, 3.8) is 0 Å². The van der Waals surface area contributed by atoms with Gasteiger partial charge in [0, 0.05) is 10.9 Å². The van der Waals surface area contributed by atoms with Gasteiger partial charge in [0.15, 0.2) is 11.6 Å². The quantitative estimate of drug-likeness (QED) is 0.887. The summed E-state index contributed by atoms with van der Waals surface area (Å²) < 4.78 is 26.0. The molecule has 0 saturated heterocycles. The number of nitrogens with one attached hydrogen (secondary N) is 1. The maximum absolute atomic E-state index is 13.2. The highest BCUT2D eigenvalue weighted by atomic mass is 32.1. The van der Waals surface area contributed by atoms with Crippen molar-refractivity contribution < 1.29 is 8.78 Å². The van der Waals surface area contributed by atoms with E-state index in [1.54, 1.807) is 17.4 Å². The standard InChI is InChI=1S/C14H15F2NS/c1-9-5-6-18-14(9)13(17-2)8-10-3-4-11(15)12(16)7-10/h3-7,13,17H,8H2,1-2H3. The Hall–Kier alpha value is -1.26. The molecule has 1 N–H and O–H groups in total. The Morgan fingerprint density at radius 1 is 1.22 bits per heavy atom. The minimum atomic E-state index is -0.799. The molecule has 4 heteroatoms. The van der Waals surface area contributed by atoms with E-state index in [0.29, 0.717) is 6.42 Å². The summed E-state index contributed by atoms with van der Waals surface area (Å²) >= 11 is 1.68. The van der Waals surface area contributed by atoms with Gasteiger partial charge in [0.25, 0.3) is 0 Å². The van der Waals surface area contributed by atoms with Gasteiger partial charge in [-0.25, -0.2) is 8.78 Å². The van der Waals surface area contributed by atoms with E-state index in [9.17, 15) is 8.78 Å². The van der Waals surface area contributed by atoms with Gasteiger partial charge in [0.1, 0.15) is 0 Å². The van der Waals surface area contributed by atoms with Crippen molar-refractivity contribution in [2.45, 2.75) is 19.4 Å². The third-order valence-corrected chi connectivity index (χ3v) is 4.12. The summed E-state index contributed by atoms with van der Waals surface area (Å²) in [6.07, 6.45) is 0.648. The third kappa shape index (κ3) is 2.76. The first-order chi connectivity index (χ1) is 8.61. The van der Waals surface area contributed by atoms with Gasteiger partial charge >= 0.3 is 0 Å². The summed E-state index contributed by atoms with van der Waals surface area (Å²) in [6, 6.07) is 6.28. The first-order valence-electron chi connectivity index (χ1n) is 5.77.